The van der Waals surface area contributed by atoms with Crippen LogP contribution in [0.2, 0.25) is 0 Å². The molecular weight excluding hydrogens is 316 g/mol. The van der Waals surface area contributed by atoms with Crippen molar-refractivity contribution >= 4 is 11.8 Å². The molecule has 0 aromatic carbocycles. The lowest BCUT2D eigenvalue weighted by atomic mass is 9.77. The number of piperidine rings is 1. The fourth-order valence-corrected chi connectivity index (χ4v) is 4.17. The zero-order valence-electron chi connectivity index (χ0n) is 15.7. The van der Waals surface area contributed by atoms with Crippen molar-refractivity contribution in [1.29, 1.82) is 0 Å². The molecule has 1 spiro atoms. The van der Waals surface area contributed by atoms with Gasteiger partial charge in [-0.05, 0) is 25.7 Å². The number of hydrogen-bond acceptors (Lipinski definition) is 3. The van der Waals surface area contributed by atoms with Crippen molar-refractivity contribution in [2.75, 3.05) is 26.2 Å². The highest BCUT2D eigenvalue weighted by Crippen LogP contribution is 2.41. The molecule has 2 fully saturated rings. The number of rotatable bonds is 5. The average molecular weight is 346 g/mol. The van der Waals surface area contributed by atoms with Crippen molar-refractivity contribution in [3.8, 4) is 0 Å². The second-order valence-electron chi connectivity index (χ2n) is 8.14. The number of imidazole rings is 1. The lowest BCUT2D eigenvalue weighted by Gasteiger charge is -2.39. The van der Waals surface area contributed by atoms with Gasteiger partial charge in [-0.25, -0.2) is 4.98 Å². The molecular formula is C19H30N4O2. The van der Waals surface area contributed by atoms with E-state index in [1.807, 2.05) is 27.5 Å². The molecule has 2 aliphatic heterocycles. The Morgan fingerprint density at radius 2 is 2.04 bits per heavy atom. The number of hydrogen-bond donors (Lipinski definition) is 0. The maximum absolute atomic E-state index is 12.5. The number of likely N-dealkylation sites (tertiary alicyclic amines) is 2. The van der Waals surface area contributed by atoms with E-state index < -0.39 is 0 Å². The van der Waals surface area contributed by atoms with Crippen LogP contribution in [0.1, 0.15) is 45.4 Å². The monoisotopic (exact) mass is 346 g/mol. The number of aromatic nitrogens is 2. The third-order valence-electron chi connectivity index (χ3n) is 5.66. The van der Waals surface area contributed by atoms with Crippen molar-refractivity contribution in [3.63, 3.8) is 0 Å². The fourth-order valence-electron chi connectivity index (χ4n) is 4.17. The summed E-state index contributed by atoms with van der Waals surface area (Å²) in [6, 6.07) is 0. The van der Waals surface area contributed by atoms with E-state index in [2.05, 4.69) is 18.8 Å². The van der Waals surface area contributed by atoms with Crippen molar-refractivity contribution < 1.29 is 9.59 Å². The molecule has 6 nitrogen and oxygen atoms in total. The van der Waals surface area contributed by atoms with Crippen LogP contribution in [0.15, 0.2) is 12.4 Å². The summed E-state index contributed by atoms with van der Waals surface area (Å²) in [7, 11) is 0. The molecule has 3 rings (SSSR count). The summed E-state index contributed by atoms with van der Waals surface area (Å²) in [5.41, 5.74) is 0.101. The summed E-state index contributed by atoms with van der Waals surface area (Å²) in [6.07, 6.45) is 6.76. The first-order valence-electron chi connectivity index (χ1n) is 9.42. The molecule has 1 aromatic rings. The Labute approximate surface area is 150 Å². The summed E-state index contributed by atoms with van der Waals surface area (Å²) in [4.78, 5) is 33.0. The van der Waals surface area contributed by atoms with E-state index in [4.69, 9.17) is 0 Å². The Balaban J connectivity index is 1.49. The normalized spacial score (nSPS) is 20.1. The van der Waals surface area contributed by atoms with Gasteiger partial charge < -0.3 is 14.4 Å². The summed E-state index contributed by atoms with van der Waals surface area (Å²) < 4.78 is 2.02. The van der Waals surface area contributed by atoms with E-state index >= 15 is 0 Å². The Kier molecular flexibility index (Phi) is 5.16. The molecule has 0 N–H and O–H groups in total. The maximum atomic E-state index is 12.5. The molecule has 0 unspecified atom stereocenters. The summed E-state index contributed by atoms with van der Waals surface area (Å²) in [5.74, 6) is 1.96. The Bertz CT molecular complexity index is 629. The number of aryl methyl sites for hydroxylation is 2. The standard InChI is InChI=1S/C19H30N4O2/c1-15(2)13-23-14-19(12-18(23)25)5-9-22(10-6-19)17(24)4-8-21-11-7-20-16(21)3/h7,11,15H,4-6,8-10,12-14H2,1-3H3. The lowest BCUT2D eigenvalue weighted by molar-refractivity contribution is -0.133. The van der Waals surface area contributed by atoms with Crippen molar-refractivity contribution in [2.24, 2.45) is 11.3 Å². The van der Waals surface area contributed by atoms with Gasteiger partial charge >= 0.3 is 0 Å². The van der Waals surface area contributed by atoms with Crippen molar-refractivity contribution in [1.82, 2.24) is 19.4 Å². The van der Waals surface area contributed by atoms with Crippen LogP contribution in [0.5, 0.6) is 0 Å². The highest BCUT2D eigenvalue weighted by molar-refractivity contribution is 5.80. The first-order chi connectivity index (χ1) is 11.9. The average Bonchev–Trinajstić information content (AvgIpc) is 3.09. The summed E-state index contributed by atoms with van der Waals surface area (Å²) >= 11 is 0. The van der Waals surface area contributed by atoms with Crippen LogP contribution in [-0.2, 0) is 16.1 Å². The minimum absolute atomic E-state index is 0.101. The van der Waals surface area contributed by atoms with E-state index in [9.17, 15) is 9.59 Å². The Hall–Kier alpha value is -1.85. The zero-order chi connectivity index (χ0) is 18.0. The molecule has 0 radical (unpaired) electrons. The topological polar surface area (TPSA) is 58.4 Å². The molecule has 6 heteroatoms. The van der Waals surface area contributed by atoms with Gasteiger partial charge in [-0.1, -0.05) is 13.8 Å². The van der Waals surface area contributed by atoms with Crippen LogP contribution < -0.4 is 0 Å². The van der Waals surface area contributed by atoms with Gasteiger partial charge in [-0.3, -0.25) is 9.59 Å². The van der Waals surface area contributed by atoms with Gasteiger partial charge in [0.2, 0.25) is 11.8 Å². The molecule has 3 heterocycles. The highest BCUT2D eigenvalue weighted by atomic mass is 16.2. The van der Waals surface area contributed by atoms with E-state index in [-0.39, 0.29) is 11.3 Å². The molecule has 25 heavy (non-hydrogen) atoms. The predicted molar refractivity (Wildman–Crippen MR) is 95.9 cm³/mol. The van der Waals surface area contributed by atoms with E-state index in [0.29, 0.717) is 31.2 Å². The predicted octanol–water partition coefficient (Wildman–Crippen LogP) is 2.08. The van der Waals surface area contributed by atoms with Crippen molar-refractivity contribution in [3.05, 3.63) is 18.2 Å². The SMILES string of the molecule is Cc1nccn1CCC(=O)N1CCC2(CC1)CC(=O)N(CC(C)C)C2. The highest BCUT2D eigenvalue weighted by Gasteiger charge is 2.45. The molecule has 138 valence electrons. The largest absolute Gasteiger partial charge is 0.343 e. The van der Waals surface area contributed by atoms with Gasteiger partial charge in [0.05, 0.1) is 0 Å². The number of nitrogens with zero attached hydrogens (tertiary/aromatic N) is 4. The lowest BCUT2D eigenvalue weighted by Crippen LogP contribution is -2.44. The molecule has 2 aliphatic rings. The van der Waals surface area contributed by atoms with Gasteiger partial charge in [-0.15, -0.1) is 0 Å². The molecule has 0 saturated carbocycles. The second-order valence-corrected chi connectivity index (χ2v) is 8.14. The molecule has 1 aromatic heterocycles. The fraction of sp³-hybridized carbons (Fsp3) is 0.737. The van der Waals surface area contributed by atoms with Gasteiger partial charge in [-0.2, -0.15) is 0 Å². The third kappa shape index (κ3) is 4.05. The van der Waals surface area contributed by atoms with E-state index in [1.165, 1.54) is 0 Å². The van der Waals surface area contributed by atoms with Crippen LogP contribution in [-0.4, -0.2) is 57.3 Å². The quantitative estimate of drug-likeness (QED) is 0.820. The Morgan fingerprint density at radius 3 is 2.64 bits per heavy atom. The van der Waals surface area contributed by atoms with Gasteiger partial charge in [0.25, 0.3) is 0 Å². The van der Waals surface area contributed by atoms with Crippen LogP contribution >= 0.6 is 0 Å². The molecule has 0 atom stereocenters. The number of carbonyl (C=O) groups excluding carboxylic acids is 2. The number of amides is 2. The summed E-state index contributed by atoms with van der Waals surface area (Å²) in [5, 5.41) is 0. The van der Waals surface area contributed by atoms with Crippen LogP contribution in [0, 0.1) is 18.3 Å². The third-order valence-corrected chi connectivity index (χ3v) is 5.66. The maximum Gasteiger partial charge on any atom is 0.224 e. The molecule has 0 bridgehead atoms. The van der Waals surface area contributed by atoms with Crippen LogP contribution in [0.25, 0.3) is 0 Å². The molecule has 2 amide bonds. The Morgan fingerprint density at radius 1 is 1.32 bits per heavy atom. The zero-order valence-corrected chi connectivity index (χ0v) is 15.7. The second kappa shape index (κ2) is 7.18. The smallest absolute Gasteiger partial charge is 0.224 e. The first-order valence-corrected chi connectivity index (χ1v) is 9.42. The molecule has 0 aliphatic carbocycles. The van der Waals surface area contributed by atoms with Crippen LogP contribution in [0.4, 0.5) is 0 Å². The van der Waals surface area contributed by atoms with Crippen molar-refractivity contribution in [2.45, 2.75) is 53.0 Å². The summed E-state index contributed by atoms with van der Waals surface area (Å²) in [6.45, 7) is 10.2. The van der Waals surface area contributed by atoms with E-state index in [0.717, 1.165) is 44.8 Å². The van der Waals surface area contributed by atoms with Crippen LogP contribution in [0.3, 0.4) is 0 Å². The number of carbonyl (C=O) groups is 2. The van der Waals surface area contributed by atoms with Gasteiger partial charge in [0, 0.05) is 63.4 Å². The first kappa shape index (κ1) is 18.0. The minimum atomic E-state index is 0.101. The van der Waals surface area contributed by atoms with Gasteiger partial charge in [0.15, 0.2) is 0 Å². The minimum Gasteiger partial charge on any atom is -0.343 e. The van der Waals surface area contributed by atoms with Gasteiger partial charge in [0.1, 0.15) is 5.82 Å². The van der Waals surface area contributed by atoms with E-state index in [1.54, 1.807) is 6.20 Å². The molecule has 2 saturated heterocycles.